The van der Waals surface area contributed by atoms with Gasteiger partial charge in [-0.2, -0.15) is 0 Å². The van der Waals surface area contributed by atoms with Gasteiger partial charge in [-0.25, -0.2) is 0 Å². The molecule has 0 aromatic heterocycles. The predicted octanol–water partition coefficient (Wildman–Crippen LogP) is 2.24. The van der Waals surface area contributed by atoms with Crippen molar-refractivity contribution in [3.05, 3.63) is 12.7 Å². The summed E-state index contributed by atoms with van der Waals surface area (Å²) in [7, 11) is 2.09. The van der Waals surface area contributed by atoms with Crippen LogP contribution in [0, 0.1) is 0 Å². The zero-order valence-electron chi connectivity index (χ0n) is 13.4. The highest BCUT2D eigenvalue weighted by molar-refractivity contribution is 5.79. The SMILES string of the molecule is C=CCCCN(C)C(=NCCNC(C)(C)C)NCC. The van der Waals surface area contributed by atoms with Gasteiger partial charge in [0, 0.05) is 32.2 Å². The molecule has 0 aromatic rings. The molecule has 0 atom stereocenters. The van der Waals surface area contributed by atoms with E-state index in [1.54, 1.807) is 0 Å². The van der Waals surface area contributed by atoms with Gasteiger partial charge in [0.25, 0.3) is 0 Å². The number of rotatable bonds is 8. The molecule has 4 nitrogen and oxygen atoms in total. The average molecular weight is 268 g/mol. The number of aliphatic imine (C=N–C) groups is 1. The minimum Gasteiger partial charge on any atom is -0.357 e. The van der Waals surface area contributed by atoms with Crippen LogP contribution in [0.2, 0.25) is 0 Å². The van der Waals surface area contributed by atoms with Crippen molar-refractivity contribution in [2.24, 2.45) is 4.99 Å². The first-order chi connectivity index (χ1) is 8.90. The second-order valence-electron chi connectivity index (χ2n) is 5.76. The second-order valence-corrected chi connectivity index (χ2v) is 5.76. The summed E-state index contributed by atoms with van der Waals surface area (Å²) in [5, 5.41) is 6.77. The van der Waals surface area contributed by atoms with Crippen LogP contribution in [0.25, 0.3) is 0 Å². The molecule has 0 aliphatic rings. The molecule has 0 amide bonds. The first-order valence-electron chi connectivity index (χ1n) is 7.26. The summed E-state index contributed by atoms with van der Waals surface area (Å²) in [6.07, 6.45) is 4.13. The van der Waals surface area contributed by atoms with Crippen molar-refractivity contribution in [1.82, 2.24) is 15.5 Å². The summed E-state index contributed by atoms with van der Waals surface area (Å²) in [4.78, 5) is 6.82. The van der Waals surface area contributed by atoms with Crippen LogP contribution >= 0.6 is 0 Å². The maximum Gasteiger partial charge on any atom is 0.193 e. The van der Waals surface area contributed by atoms with Crippen LogP contribution in [0.1, 0.15) is 40.5 Å². The molecule has 0 saturated carbocycles. The third kappa shape index (κ3) is 10.6. The number of nitrogens with one attached hydrogen (secondary N) is 2. The normalized spacial score (nSPS) is 12.4. The largest absolute Gasteiger partial charge is 0.357 e. The molecule has 0 aromatic carbocycles. The Balaban J connectivity index is 4.16. The Morgan fingerprint density at radius 3 is 2.58 bits per heavy atom. The lowest BCUT2D eigenvalue weighted by Crippen LogP contribution is -2.41. The Morgan fingerprint density at radius 1 is 1.37 bits per heavy atom. The van der Waals surface area contributed by atoms with E-state index in [1.165, 1.54) is 0 Å². The number of hydrogen-bond donors (Lipinski definition) is 2. The van der Waals surface area contributed by atoms with E-state index in [4.69, 9.17) is 0 Å². The lowest BCUT2D eigenvalue weighted by Gasteiger charge is -2.23. The molecule has 4 heteroatoms. The van der Waals surface area contributed by atoms with E-state index in [9.17, 15) is 0 Å². The predicted molar refractivity (Wildman–Crippen MR) is 85.8 cm³/mol. The molecule has 112 valence electrons. The van der Waals surface area contributed by atoms with Crippen molar-refractivity contribution in [2.45, 2.75) is 46.1 Å². The first kappa shape index (κ1) is 18.0. The van der Waals surface area contributed by atoms with E-state index in [1.807, 2.05) is 6.08 Å². The van der Waals surface area contributed by atoms with E-state index in [0.29, 0.717) is 0 Å². The molecule has 0 radical (unpaired) electrons. The minimum absolute atomic E-state index is 0.156. The highest BCUT2D eigenvalue weighted by Gasteiger charge is 2.08. The van der Waals surface area contributed by atoms with E-state index < -0.39 is 0 Å². The number of unbranched alkanes of at least 4 members (excludes halogenated alkanes) is 1. The molecule has 0 bridgehead atoms. The van der Waals surface area contributed by atoms with Crippen LogP contribution in [-0.2, 0) is 0 Å². The summed E-state index contributed by atoms with van der Waals surface area (Å²) < 4.78 is 0. The Bertz CT molecular complexity index is 266. The Kier molecular flexibility index (Phi) is 9.31. The van der Waals surface area contributed by atoms with E-state index >= 15 is 0 Å². The fourth-order valence-electron chi connectivity index (χ4n) is 1.64. The van der Waals surface area contributed by atoms with Gasteiger partial charge < -0.3 is 15.5 Å². The number of guanidine groups is 1. The van der Waals surface area contributed by atoms with Gasteiger partial charge >= 0.3 is 0 Å². The van der Waals surface area contributed by atoms with Crippen molar-refractivity contribution in [1.29, 1.82) is 0 Å². The van der Waals surface area contributed by atoms with Gasteiger partial charge in [0.05, 0.1) is 6.54 Å². The molecule has 0 aliphatic heterocycles. The third-order valence-corrected chi connectivity index (χ3v) is 2.63. The maximum atomic E-state index is 4.64. The maximum absolute atomic E-state index is 4.64. The lowest BCUT2D eigenvalue weighted by atomic mass is 10.1. The lowest BCUT2D eigenvalue weighted by molar-refractivity contribution is 0.429. The summed E-state index contributed by atoms with van der Waals surface area (Å²) in [5.74, 6) is 0.988. The summed E-state index contributed by atoms with van der Waals surface area (Å²) in [5.41, 5.74) is 0.156. The van der Waals surface area contributed by atoms with Gasteiger partial charge in [-0.05, 0) is 40.5 Å². The van der Waals surface area contributed by atoms with E-state index in [-0.39, 0.29) is 5.54 Å². The highest BCUT2D eigenvalue weighted by atomic mass is 15.3. The van der Waals surface area contributed by atoms with Crippen molar-refractivity contribution < 1.29 is 0 Å². The van der Waals surface area contributed by atoms with E-state index in [2.05, 4.69) is 61.8 Å². The topological polar surface area (TPSA) is 39.7 Å². The molecular formula is C15H32N4. The second kappa shape index (κ2) is 9.84. The Labute approximate surface area is 119 Å². The molecule has 0 spiro atoms. The van der Waals surface area contributed by atoms with Gasteiger partial charge in [-0.15, -0.1) is 6.58 Å². The zero-order valence-corrected chi connectivity index (χ0v) is 13.4. The van der Waals surface area contributed by atoms with Crippen molar-refractivity contribution >= 4 is 5.96 Å². The van der Waals surface area contributed by atoms with Crippen LogP contribution in [-0.4, -0.2) is 49.6 Å². The van der Waals surface area contributed by atoms with Gasteiger partial charge in [-0.1, -0.05) is 6.08 Å². The van der Waals surface area contributed by atoms with Crippen molar-refractivity contribution in [3.8, 4) is 0 Å². The molecule has 0 unspecified atom stereocenters. The third-order valence-electron chi connectivity index (χ3n) is 2.63. The fourth-order valence-corrected chi connectivity index (χ4v) is 1.64. The molecule has 0 saturated heterocycles. The summed E-state index contributed by atoms with van der Waals surface area (Å²) in [6, 6.07) is 0. The van der Waals surface area contributed by atoms with Gasteiger partial charge in [-0.3, -0.25) is 4.99 Å². The van der Waals surface area contributed by atoms with Crippen LogP contribution in [0.4, 0.5) is 0 Å². The Morgan fingerprint density at radius 2 is 2.05 bits per heavy atom. The molecular weight excluding hydrogens is 236 g/mol. The summed E-state index contributed by atoms with van der Waals surface area (Å²) in [6.45, 7) is 16.0. The smallest absolute Gasteiger partial charge is 0.193 e. The fraction of sp³-hybridized carbons (Fsp3) is 0.800. The van der Waals surface area contributed by atoms with Crippen LogP contribution in [0.15, 0.2) is 17.6 Å². The average Bonchev–Trinajstić information content (AvgIpc) is 2.32. The molecule has 0 fully saturated rings. The summed E-state index contributed by atoms with van der Waals surface area (Å²) >= 11 is 0. The molecule has 19 heavy (non-hydrogen) atoms. The standard InChI is InChI=1S/C15H32N4/c1-7-9-10-13-19(6)14(16-8-2)17-11-12-18-15(3,4)5/h7,18H,1,8-13H2,2-6H3,(H,16,17). The highest BCUT2D eigenvalue weighted by Crippen LogP contribution is 1.97. The quantitative estimate of drug-likeness (QED) is 0.307. The zero-order chi connectivity index (χ0) is 14.7. The molecule has 0 aliphatic carbocycles. The van der Waals surface area contributed by atoms with Crippen LogP contribution in [0.5, 0.6) is 0 Å². The molecule has 0 rings (SSSR count). The number of hydrogen-bond acceptors (Lipinski definition) is 2. The first-order valence-corrected chi connectivity index (χ1v) is 7.26. The van der Waals surface area contributed by atoms with Gasteiger partial charge in [0.2, 0.25) is 0 Å². The van der Waals surface area contributed by atoms with Crippen molar-refractivity contribution in [2.75, 3.05) is 33.2 Å². The number of allylic oxidation sites excluding steroid dienone is 1. The van der Waals surface area contributed by atoms with Gasteiger partial charge in [0.15, 0.2) is 5.96 Å². The van der Waals surface area contributed by atoms with Crippen LogP contribution in [0.3, 0.4) is 0 Å². The van der Waals surface area contributed by atoms with Crippen LogP contribution < -0.4 is 10.6 Å². The Hall–Kier alpha value is -1.03. The monoisotopic (exact) mass is 268 g/mol. The molecule has 0 heterocycles. The minimum atomic E-state index is 0.156. The van der Waals surface area contributed by atoms with Crippen molar-refractivity contribution in [3.63, 3.8) is 0 Å². The number of nitrogens with zero attached hydrogens (tertiary/aromatic N) is 2. The van der Waals surface area contributed by atoms with Gasteiger partial charge in [0.1, 0.15) is 0 Å². The van der Waals surface area contributed by atoms with E-state index in [0.717, 1.165) is 45.0 Å². The molecule has 2 N–H and O–H groups in total.